The van der Waals surface area contributed by atoms with Gasteiger partial charge in [-0.15, -0.1) is 11.3 Å². The van der Waals surface area contributed by atoms with Gasteiger partial charge in [-0.3, -0.25) is 4.79 Å². The second kappa shape index (κ2) is 8.52. The molecule has 1 aromatic heterocycles. The molecule has 2 N–H and O–H groups in total. The minimum Gasteiger partial charge on any atom is -0.481 e. The molecule has 112 valence electrons. The number of aromatic nitrogens is 1. The summed E-state index contributed by atoms with van der Waals surface area (Å²) in [5, 5.41) is 14.2. The summed E-state index contributed by atoms with van der Waals surface area (Å²) in [6.45, 7) is 3.00. The van der Waals surface area contributed by atoms with Crippen molar-refractivity contribution < 1.29 is 14.7 Å². The molecule has 0 bridgehead atoms. The monoisotopic (exact) mass is 299 g/mol. The van der Waals surface area contributed by atoms with Crippen molar-refractivity contribution in [1.82, 2.24) is 15.2 Å². The van der Waals surface area contributed by atoms with Crippen LogP contribution in [0.1, 0.15) is 36.4 Å². The lowest BCUT2D eigenvalue weighted by Crippen LogP contribution is -2.37. The Morgan fingerprint density at radius 2 is 2.15 bits per heavy atom. The van der Waals surface area contributed by atoms with Crippen molar-refractivity contribution in [2.75, 3.05) is 13.6 Å². The third kappa shape index (κ3) is 6.51. The van der Waals surface area contributed by atoms with E-state index >= 15 is 0 Å². The van der Waals surface area contributed by atoms with Gasteiger partial charge in [0.2, 0.25) is 0 Å². The van der Waals surface area contributed by atoms with Gasteiger partial charge in [0.1, 0.15) is 0 Å². The van der Waals surface area contributed by atoms with Crippen LogP contribution >= 0.6 is 11.3 Å². The molecule has 1 heterocycles. The Balaban J connectivity index is 2.14. The van der Waals surface area contributed by atoms with Gasteiger partial charge in [-0.05, 0) is 19.8 Å². The molecule has 0 radical (unpaired) electrons. The molecule has 0 fully saturated rings. The number of carboxylic acid groups (broad SMARTS) is 1. The van der Waals surface area contributed by atoms with Crippen LogP contribution in [0.25, 0.3) is 0 Å². The lowest BCUT2D eigenvalue weighted by Gasteiger charge is -2.16. The van der Waals surface area contributed by atoms with E-state index in [1.807, 2.05) is 12.3 Å². The number of urea groups is 1. The first-order chi connectivity index (χ1) is 9.49. The molecule has 2 amide bonds. The van der Waals surface area contributed by atoms with Crippen molar-refractivity contribution in [3.8, 4) is 0 Å². The number of hydrogen-bond donors (Lipinski definition) is 2. The topological polar surface area (TPSA) is 82.5 Å². The van der Waals surface area contributed by atoms with Gasteiger partial charge in [0.05, 0.1) is 17.2 Å². The van der Waals surface area contributed by atoms with E-state index in [0.29, 0.717) is 19.5 Å². The van der Waals surface area contributed by atoms with Gasteiger partial charge in [0, 0.05) is 25.4 Å². The number of aryl methyl sites for hydroxylation is 1. The molecular formula is C13H21N3O3S. The third-order valence-corrected chi connectivity index (χ3v) is 3.58. The van der Waals surface area contributed by atoms with E-state index in [2.05, 4.69) is 10.3 Å². The normalized spacial score (nSPS) is 10.3. The van der Waals surface area contributed by atoms with Crippen LogP contribution < -0.4 is 5.32 Å². The third-order valence-electron chi connectivity index (χ3n) is 2.76. The zero-order valence-corrected chi connectivity index (χ0v) is 12.7. The summed E-state index contributed by atoms with van der Waals surface area (Å²) in [6.07, 6.45) is 2.44. The highest BCUT2D eigenvalue weighted by Crippen LogP contribution is 2.09. The number of nitrogens with zero attached hydrogens (tertiary/aromatic N) is 2. The number of rotatable bonds is 8. The van der Waals surface area contributed by atoms with Crippen LogP contribution in [0.2, 0.25) is 0 Å². The smallest absolute Gasteiger partial charge is 0.317 e. The van der Waals surface area contributed by atoms with E-state index in [1.165, 1.54) is 0 Å². The Bertz CT molecular complexity index is 448. The van der Waals surface area contributed by atoms with Crippen molar-refractivity contribution in [1.29, 1.82) is 0 Å². The molecule has 1 rings (SSSR count). The first kappa shape index (κ1) is 16.4. The van der Waals surface area contributed by atoms with Crippen molar-refractivity contribution in [3.05, 3.63) is 16.1 Å². The van der Waals surface area contributed by atoms with Gasteiger partial charge in [0.15, 0.2) is 0 Å². The van der Waals surface area contributed by atoms with Crippen molar-refractivity contribution in [2.45, 2.75) is 39.2 Å². The molecule has 6 nitrogen and oxygen atoms in total. The molecule has 0 aliphatic carbocycles. The molecule has 1 aromatic rings. The second-order valence-electron chi connectivity index (χ2n) is 4.65. The minimum atomic E-state index is -0.771. The first-order valence-corrected chi connectivity index (χ1v) is 7.48. The molecule has 0 aliphatic heterocycles. The summed E-state index contributed by atoms with van der Waals surface area (Å²) >= 11 is 1.57. The van der Waals surface area contributed by atoms with E-state index in [9.17, 15) is 9.59 Å². The number of amides is 2. The highest BCUT2D eigenvalue weighted by Gasteiger charge is 2.09. The number of aliphatic carboxylic acids is 1. The summed E-state index contributed by atoms with van der Waals surface area (Å²) in [6, 6.07) is -0.131. The first-order valence-electron chi connectivity index (χ1n) is 6.61. The van der Waals surface area contributed by atoms with Crippen molar-refractivity contribution in [3.63, 3.8) is 0 Å². The van der Waals surface area contributed by atoms with Crippen LogP contribution in [0.5, 0.6) is 0 Å². The molecule has 20 heavy (non-hydrogen) atoms. The Morgan fingerprint density at radius 1 is 1.40 bits per heavy atom. The predicted molar refractivity (Wildman–Crippen MR) is 77.8 cm³/mol. The average Bonchev–Trinajstić information content (AvgIpc) is 2.78. The Morgan fingerprint density at radius 3 is 2.75 bits per heavy atom. The van der Waals surface area contributed by atoms with Crippen LogP contribution in [0.4, 0.5) is 4.79 Å². The van der Waals surface area contributed by atoms with Crippen LogP contribution in [-0.4, -0.2) is 40.6 Å². The fraction of sp³-hybridized carbons (Fsp3) is 0.615. The lowest BCUT2D eigenvalue weighted by molar-refractivity contribution is -0.137. The zero-order valence-electron chi connectivity index (χ0n) is 11.9. The van der Waals surface area contributed by atoms with Gasteiger partial charge >= 0.3 is 12.0 Å². The highest BCUT2D eigenvalue weighted by molar-refractivity contribution is 7.09. The maximum Gasteiger partial charge on any atom is 0.317 e. The second-order valence-corrected chi connectivity index (χ2v) is 5.71. The molecule has 0 aromatic carbocycles. The fourth-order valence-electron chi connectivity index (χ4n) is 1.70. The summed E-state index contributed by atoms with van der Waals surface area (Å²) in [5.74, 6) is -0.771. The summed E-state index contributed by atoms with van der Waals surface area (Å²) in [4.78, 5) is 28.0. The van der Waals surface area contributed by atoms with Gasteiger partial charge in [0.25, 0.3) is 0 Å². The Labute approximate surface area is 122 Å². The molecular weight excluding hydrogens is 278 g/mol. The SMILES string of the molecule is Cc1nc(CN(C)C(=O)NCCCCCC(=O)O)cs1. The summed E-state index contributed by atoms with van der Waals surface area (Å²) in [7, 11) is 1.73. The van der Waals surface area contributed by atoms with Crippen molar-refractivity contribution in [2.24, 2.45) is 0 Å². The lowest BCUT2D eigenvalue weighted by atomic mass is 10.2. The average molecular weight is 299 g/mol. The molecule has 0 atom stereocenters. The molecule has 0 aliphatic rings. The van der Waals surface area contributed by atoms with Gasteiger partial charge in [-0.1, -0.05) is 6.42 Å². The molecule has 0 spiro atoms. The summed E-state index contributed by atoms with van der Waals surface area (Å²) < 4.78 is 0. The Kier molecular flexibility index (Phi) is 7.00. The van der Waals surface area contributed by atoms with Crippen molar-refractivity contribution >= 4 is 23.3 Å². The highest BCUT2D eigenvalue weighted by atomic mass is 32.1. The molecule has 0 unspecified atom stereocenters. The standard InChI is InChI=1S/C13H21N3O3S/c1-10-15-11(9-20-10)8-16(2)13(19)14-7-5-3-4-6-12(17)18/h9H,3-8H2,1-2H3,(H,14,19)(H,17,18). The van der Waals surface area contributed by atoms with Crippen LogP contribution in [0.15, 0.2) is 5.38 Å². The summed E-state index contributed by atoms with van der Waals surface area (Å²) in [5.41, 5.74) is 0.895. The number of unbranched alkanes of at least 4 members (excludes halogenated alkanes) is 2. The van der Waals surface area contributed by atoms with Gasteiger partial charge < -0.3 is 15.3 Å². The molecule has 0 saturated carbocycles. The van der Waals surface area contributed by atoms with E-state index in [-0.39, 0.29) is 12.5 Å². The predicted octanol–water partition coefficient (Wildman–Crippen LogP) is 2.24. The molecule has 7 heteroatoms. The van der Waals surface area contributed by atoms with Crippen LogP contribution in [0.3, 0.4) is 0 Å². The van der Waals surface area contributed by atoms with Gasteiger partial charge in [-0.2, -0.15) is 0 Å². The number of carbonyl (C=O) groups excluding carboxylic acids is 1. The van der Waals surface area contributed by atoms with E-state index in [4.69, 9.17) is 5.11 Å². The maximum absolute atomic E-state index is 11.8. The number of carboxylic acids is 1. The largest absolute Gasteiger partial charge is 0.481 e. The van der Waals surface area contributed by atoms with Crippen LogP contribution in [0, 0.1) is 6.92 Å². The fourth-order valence-corrected chi connectivity index (χ4v) is 2.31. The number of nitrogens with one attached hydrogen (secondary N) is 1. The zero-order chi connectivity index (χ0) is 15.0. The van der Waals surface area contributed by atoms with E-state index in [1.54, 1.807) is 23.3 Å². The van der Waals surface area contributed by atoms with E-state index < -0.39 is 5.97 Å². The number of hydrogen-bond acceptors (Lipinski definition) is 4. The number of carbonyl (C=O) groups is 2. The minimum absolute atomic E-state index is 0.131. The maximum atomic E-state index is 11.8. The number of thiazole rings is 1. The van der Waals surface area contributed by atoms with Crippen LogP contribution in [-0.2, 0) is 11.3 Å². The Hall–Kier alpha value is -1.63. The quantitative estimate of drug-likeness (QED) is 0.721. The van der Waals surface area contributed by atoms with Gasteiger partial charge in [-0.25, -0.2) is 9.78 Å². The molecule has 0 saturated heterocycles. The van der Waals surface area contributed by atoms with E-state index in [0.717, 1.165) is 23.5 Å².